The van der Waals surface area contributed by atoms with Gasteiger partial charge in [-0.15, -0.1) is 0 Å². The van der Waals surface area contributed by atoms with Crippen LogP contribution in [-0.4, -0.2) is 164 Å². The van der Waals surface area contributed by atoms with Crippen molar-refractivity contribution in [1.29, 1.82) is 0 Å². The maximum absolute atomic E-state index is 13.2. The Kier molecular flexibility index (Phi) is 23.7. The summed E-state index contributed by atoms with van der Waals surface area (Å²) in [4.78, 5) is 9.02. The molecule has 0 aliphatic carbocycles. The molecule has 0 bridgehead atoms. The molecule has 17 nitrogen and oxygen atoms in total. The number of hydrogen-bond acceptors (Lipinski definition) is 15. The number of sulfonamides is 2. The fourth-order valence-corrected chi connectivity index (χ4v) is 12.0. The van der Waals surface area contributed by atoms with Crippen molar-refractivity contribution in [3.05, 3.63) is 144 Å². The number of nitrogens with one attached hydrogen (secondary N) is 2. The van der Waals surface area contributed by atoms with Crippen LogP contribution in [0.4, 0.5) is 0 Å². The highest BCUT2D eigenvalue weighted by Crippen LogP contribution is 2.40. The number of ether oxygens (including phenoxy) is 8. The Labute approximate surface area is 466 Å². The first-order valence-electron chi connectivity index (χ1n) is 24.9. The Bertz CT molecular complexity index is 2700. The van der Waals surface area contributed by atoms with Gasteiger partial charge in [-0.25, -0.2) is 26.3 Å². The Balaban J connectivity index is 0.653. The largest absolute Gasteiger partial charge is 0.475 e. The molecule has 2 unspecified atom stereocenters. The predicted octanol–water partition coefficient (Wildman–Crippen LogP) is 7.66. The molecule has 4 aromatic carbocycles. The number of pyridine rings is 1. The number of benzene rings is 4. The minimum atomic E-state index is -3.78. The maximum atomic E-state index is 13.2. The molecular formula is C53H65Cl4N5O12S2. The van der Waals surface area contributed by atoms with Crippen LogP contribution >= 0.6 is 46.4 Å². The molecule has 2 aliphatic rings. The van der Waals surface area contributed by atoms with Crippen LogP contribution in [0.2, 0.25) is 20.1 Å². The van der Waals surface area contributed by atoms with Crippen molar-refractivity contribution in [2.24, 2.45) is 0 Å². The number of rotatable bonds is 32. The molecule has 0 saturated heterocycles. The van der Waals surface area contributed by atoms with Gasteiger partial charge in [0.15, 0.2) is 0 Å². The lowest BCUT2D eigenvalue weighted by Gasteiger charge is -2.33. The van der Waals surface area contributed by atoms with E-state index in [1.165, 1.54) is 0 Å². The highest BCUT2D eigenvalue weighted by molar-refractivity contribution is 7.89. The summed E-state index contributed by atoms with van der Waals surface area (Å²) in [5, 5.41) is 2.30. The van der Waals surface area contributed by atoms with Gasteiger partial charge >= 0.3 is 0 Å². The van der Waals surface area contributed by atoms with Gasteiger partial charge in [0.1, 0.15) is 13.2 Å². The van der Waals surface area contributed by atoms with Gasteiger partial charge in [0, 0.05) is 83.3 Å². The highest BCUT2D eigenvalue weighted by Gasteiger charge is 2.30. The summed E-state index contributed by atoms with van der Waals surface area (Å²) in [6.45, 7) is 7.21. The van der Waals surface area contributed by atoms with Gasteiger partial charge < -0.3 is 47.7 Å². The highest BCUT2D eigenvalue weighted by atomic mass is 35.5. The Morgan fingerprint density at radius 1 is 0.487 bits per heavy atom. The molecule has 0 fully saturated rings. The topological polar surface area (TPSA) is 186 Å². The number of likely N-dealkylation sites (N-methyl/N-ethyl adjacent to an activating group) is 2. The molecule has 2 N–H and O–H groups in total. The van der Waals surface area contributed by atoms with Crippen molar-refractivity contribution in [1.82, 2.24) is 24.2 Å². The zero-order chi connectivity index (χ0) is 53.9. The van der Waals surface area contributed by atoms with Crippen molar-refractivity contribution in [3.63, 3.8) is 0 Å². The van der Waals surface area contributed by atoms with Crippen molar-refractivity contribution in [2.75, 3.05) is 133 Å². The molecule has 2 aliphatic heterocycles. The first kappa shape index (κ1) is 59.9. The van der Waals surface area contributed by atoms with Crippen molar-refractivity contribution >= 4 is 66.5 Å². The summed E-state index contributed by atoms with van der Waals surface area (Å²) >= 11 is 25.7. The summed E-state index contributed by atoms with van der Waals surface area (Å²) in [5.41, 5.74) is 5.74. The average molecular weight is 1170 g/mol. The molecule has 23 heteroatoms. The molecule has 7 rings (SSSR count). The van der Waals surface area contributed by atoms with Crippen LogP contribution in [0, 0.1) is 0 Å². The Morgan fingerprint density at radius 3 is 1.24 bits per heavy atom. The first-order chi connectivity index (χ1) is 36.7. The van der Waals surface area contributed by atoms with Gasteiger partial charge in [0.25, 0.3) is 0 Å². The van der Waals surface area contributed by atoms with Gasteiger partial charge in [-0.1, -0.05) is 76.7 Å². The zero-order valence-corrected chi connectivity index (χ0v) is 47.2. The van der Waals surface area contributed by atoms with E-state index in [-0.39, 0.29) is 61.1 Å². The lowest BCUT2D eigenvalue weighted by Crippen LogP contribution is -2.31. The lowest BCUT2D eigenvalue weighted by molar-refractivity contribution is 0.00935. The third kappa shape index (κ3) is 18.2. The Morgan fingerprint density at radius 2 is 0.842 bits per heavy atom. The predicted molar refractivity (Wildman–Crippen MR) is 293 cm³/mol. The molecule has 0 radical (unpaired) electrons. The standard InChI is InChI=1S/C53H65Cl4N5O12S2/c1-61-34-46(44-30-40(54)32-50(56)48(44)36-61)38-6-3-8-42(28-38)75(63,64)58-12-14-67-16-18-69-20-22-71-24-26-73-52-10-5-11-53(60-52)74-27-25-72-23-21-70-19-17-68-15-13-59-76(65,66)43-9-4-7-39(29-43)47-35-62(2)37-49-45(47)31-41(55)33-51(49)57/h3-11,28-33,46-47,58-59H,12-27,34-37H2,1-2H3. The van der Waals surface area contributed by atoms with E-state index in [2.05, 4.69) is 24.2 Å². The average Bonchev–Trinajstić information content (AvgIpc) is 3.41. The molecule has 0 amide bonds. The quantitative estimate of drug-likeness (QED) is 0.0400. The van der Waals surface area contributed by atoms with E-state index in [0.29, 0.717) is 124 Å². The minimum absolute atomic E-state index is 0.0834. The third-order valence-electron chi connectivity index (χ3n) is 12.3. The normalized spacial score (nSPS) is 16.1. The van der Waals surface area contributed by atoms with Gasteiger partial charge in [-0.05, 0) is 96.0 Å². The van der Waals surface area contributed by atoms with E-state index in [1.54, 1.807) is 66.7 Å². The van der Waals surface area contributed by atoms with E-state index in [4.69, 9.17) is 84.3 Å². The second-order valence-electron chi connectivity index (χ2n) is 18.0. The maximum Gasteiger partial charge on any atom is 0.240 e. The van der Waals surface area contributed by atoms with Crippen LogP contribution in [0.1, 0.15) is 45.2 Å². The number of fused-ring (bicyclic) bond motifs is 2. The lowest BCUT2D eigenvalue weighted by atomic mass is 9.85. The number of halogens is 4. The molecule has 0 spiro atoms. The molecule has 1 aromatic heterocycles. The summed E-state index contributed by atoms with van der Waals surface area (Å²) < 4.78 is 103. The molecular weight excluding hydrogens is 1100 g/mol. The smallest absolute Gasteiger partial charge is 0.240 e. The van der Waals surface area contributed by atoms with Gasteiger partial charge in [-0.2, -0.15) is 4.98 Å². The fraction of sp³-hybridized carbons (Fsp3) is 0.453. The van der Waals surface area contributed by atoms with Crippen molar-refractivity contribution in [2.45, 2.75) is 34.7 Å². The van der Waals surface area contributed by atoms with Crippen molar-refractivity contribution < 1.29 is 54.7 Å². The molecule has 5 aromatic rings. The van der Waals surface area contributed by atoms with Gasteiger partial charge in [0.05, 0.1) is 89.1 Å². The Hall–Kier alpha value is -3.71. The molecule has 2 atom stereocenters. The van der Waals surface area contributed by atoms with Crippen LogP contribution in [-0.2, 0) is 61.6 Å². The van der Waals surface area contributed by atoms with E-state index >= 15 is 0 Å². The summed E-state index contributed by atoms with van der Waals surface area (Å²) in [5.74, 6) is 0.624. The van der Waals surface area contributed by atoms with Crippen LogP contribution < -0.4 is 18.9 Å². The monoisotopic (exact) mass is 1170 g/mol. The van der Waals surface area contributed by atoms with Crippen LogP contribution in [0.15, 0.2) is 101 Å². The summed E-state index contributed by atoms with van der Waals surface area (Å²) in [6, 6.07) is 26.4. The number of hydrogen-bond donors (Lipinski definition) is 2. The molecule has 414 valence electrons. The van der Waals surface area contributed by atoms with Crippen LogP contribution in [0.3, 0.4) is 0 Å². The SMILES string of the molecule is CN1Cc2c(Cl)cc(Cl)cc2C(c2cccc(S(=O)(=O)NCCOCCOCCOCCOc3cccc(OCCOCCOCCOCCNS(=O)(=O)c4cccc(C5CN(C)Cc6c(Cl)cc(Cl)cc65)c4)n3)c2)C1. The third-order valence-corrected chi connectivity index (χ3v) is 16.4. The fourth-order valence-electron chi connectivity index (χ4n) is 8.77. The van der Waals surface area contributed by atoms with E-state index < -0.39 is 20.0 Å². The number of aromatic nitrogens is 1. The van der Waals surface area contributed by atoms with E-state index in [0.717, 1.165) is 33.4 Å². The second-order valence-corrected chi connectivity index (χ2v) is 23.3. The van der Waals surface area contributed by atoms with Crippen LogP contribution in [0.5, 0.6) is 11.8 Å². The molecule has 3 heterocycles. The first-order valence-corrected chi connectivity index (χ1v) is 29.4. The van der Waals surface area contributed by atoms with Crippen LogP contribution in [0.25, 0.3) is 0 Å². The van der Waals surface area contributed by atoms with E-state index in [1.807, 2.05) is 38.4 Å². The van der Waals surface area contributed by atoms with E-state index in [9.17, 15) is 16.8 Å². The number of nitrogens with zero attached hydrogens (tertiary/aromatic N) is 3. The summed E-state index contributed by atoms with van der Waals surface area (Å²) in [6.07, 6.45) is 0. The summed E-state index contributed by atoms with van der Waals surface area (Å²) in [7, 11) is -3.53. The molecule has 0 saturated carbocycles. The minimum Gasteiger partial charge on any atom is -0.475 e. The van der Waals surface area contributed by atoms with Gasteiger partial charge in [-0.3, -0.25) is 0 Å². The van der Waals surface area contributed by atoms with Crippen molar-refractivity contribution in [3.8, 4) is 11.8 Å². The van der Waals surface area contributed by atoms with Gasteiger partial charge in [0.2, 0.25) is 31.8 Å². The second kappa shape index (κ2) is 30.0. The molecule has 76 heavy (non-hydrogen) atoms. The zero-order valence-electron chi connectivity index (χ0n) is 42.5.